The second-order valence-electron chi connectivity index (χ2n) is 4.66. The summed E-state index contributed by atoms with van der Waals surface area (Å²) >= 11 is 0. The van der Waals surface area contributed by atoms with E-state index in [1.54, 1.807) is 21.0 Å². The molecular formula is C12H26N2O3. The summed E-state index contributed by atoms with van der Waals surface area (Å²) in [5.41, 5.74) is 5.05. The number of ether oxygens (including phenoxy) is 2. The molecule has 0 aliphatic carbocycles. The van der Waals surface area contributed by atoms with Crippen molar-refractivity contribution in [3.63, 3.8) is 0 Å². The lowest BCUT2D eigenvalue weighted by molar-refractivity contribution is -0.149. The van der Waals surface area contributed by atoms with Crippen molar-refractivity contribution < 1.29 is 14.3 Å². The maximum absolute atomic E-state index is 11.6. The standard InChI is InChI=1S/C12H26N2O3/c1-6-17-11(15)12(3,13)9-10(2)14(4)7-8-16-5/h10H,6-9,13H2,1-5H3. The fourth-order valence-electron chi connectivity index (χ4n) is 1.60. The minimum absolute atomic E-state index is 0.199. The van der Waals surface area contributed by atoms with Gasteiger partial charge in [-0.1, -0.05) is 0 Å². The van der Waals surface area contributed by atoms with Crippen LogP contribution in [0.1, 0.15) is 27.2 Å². The molecule has 0 amide bonds. The van der Waals surface area contributed by atoms with Gasteiger partial charge in [-0.3, -0.25) is 4.79 Å². The van der Waals surface area contributed by atoms with E-state index in [1.807, 2.05) is 14.0 Å². The van der Waals surface area contributed by atoms with E-state index in [2.05, 4.69) is 4.90 Å². The molecule has 0 aromatic heterocycles. The van der Waals surface area contributed by atoms with Gasteiger partial charge in [-0.15, -0.1) is 0 Å². The van der Waals surface area contributed by atoms with Crippen molar-refractivity contribution in [2.45, 2.75) is 38.8 Å². The van der Waals surface area contributed by atoms with Crippen molar-refractivity contribution >= 4 is 5.97 Å². The van der Waals surface area contributed by atoms with Crippen LogP contribution in [-0.4, -0.2) is 56.4 Å². The van der Waals surface area contributed by atoms with Crippen molar-refractivity contribution in [1.82, 2.24) is 4.90 Å². The summed E-state index contributed by atoms with van der Waals surface area (Å²) in [4.78, 5) is 13.8. The quantitative estimate of drug-likeness (QED) is 0.636. The first-order chi connectivity index (χ1) is 7.85. The lowest BCUT2D eigenvalue weighted by atomic mass is 9.94. The number of hydrogen-bond acceptors (Lipinski definition) is 5. The molecule has 102 valence electrons. The minimum atomic E-state index is -0.934. The van der Waals surface area contributed by atoms with Crippen LogP contribution >= 0.6 is 0 Å². The number of carbonyl (C=O) groups excluding carboxylic acids is 1. The second-order valence-corrected chi connectivity index (χ2v) is 4.66. The normalized spacial score (nSPS) is 16.6. The van der Waals surface area contributed by atoms with Crippen LogP contribution < -0.4 is 5.73 Å². The number of nitrogens with zero attached hydrogens (tertiary/aromatic N) is 1. The van der Waals surface area contributed by atoms with Crippen LogP contribution in [0.15, 0.2) is 0 Å². The molecule has 0 aromatic carbocycles. The van der Waals surface area contributed by atoms with E-state index in [1.165, 1.54) is 0 Å². The van der Waals surface area contributed by atoms with Crippen LogP contribution in [0.3, 0.4) is 0 Å². The highest BCUT2D eigenvalue weighted by molar-refractivity contribution is 5.80. The van der Waals surface area contributed by atoms with Gasteiger partial charge in [-0.05, 0) is 34.2 Å². The zero-order valence-corrected chi connectivity index (χ0v) is 11.7. The molecule has 0 bridgehead atoms. The van der Waals surface area contributed by atoms with Crippen molar-refractivity contribution in [3.05, 3.63) is 0 Å². The summed E-state index contributed by atoms with van der Waals surface area (Å²) in [6.45, 7) is 7.38. The molecule has 0 rings (SSSR count). The monoisotopic (exact) mass is 246 g/mol. The molecule has 2 atom stereocenters. The zero-order valence-electron chi connectivity index (χ0n) is 11.7. The van der Waals surface area contributed by atoms with Gasteiger partial charge in [0, 0.05) is 19.7 Å². The smallest absolute Gasteiger partial charge is 0.325 e. The van der Waals surface area contributed by atoms with Crippen LogP contribution in [0.5, 0.6) is 0 Å². The molecule has 5 heteroatoms. The topological polar surface area (TPSA) is 64.8 Å². The summed E-state index contributed by atoms with van der Waals surface area (Å²) in [5.74, 6) is -0.341. The number of nitrogens with two attached hydrogens (primary N) is 1. The maximum atomic E-state index is 11.6. The van der Waals surface area contributed by atoms with Crippen molar-refractivity contribution in [1.29, 1.82) is 0 Å². The minimum Gasteiger partial charge on any atom is -0.465 e. The van der Waals surface area contributed by atoms with Gasteiger partial charge in [0.15, 0.2) is 0 Å². The van der Waals surface area contributed by atoms with Crippen molar-refractivity contribution in [2.24, 2.45) is 5.73 Å². The van der Waals surface area contributed by atoms with Crippen molar-refractivity contribution in [2.75, 3.05) is 33.9 Å². The van der Waals surface area contributed by atoms with E-state index < -0.39 is 5.54 Å². The Kier molecular flexibility index (Phi) is 7.34. The summed E-state index contributed by atoms with van der Waals surface area (Å²) in [6, 6.07) is 0.199. The molecule has 0 saturated heterocycles. The Labute approximate surface area is 104 Å². The third-order valence-electron chi connectivity index (χ3n) is 2.86. The van der Waals surface area contributed by atoms with Gasteiger partial charge in [-0.25, -0.2) is 0 Å². The zero-order chi connectivity index (χ0) is 13.5. The molecule has 2 N–H and O–H groups in total. The number of rotatable bonds is 8. The van der Waals surface area contributed by atoms with E-state index in [0.29, 0.717) is 19.6 Å². The lowest BCUT2D eigenvalue weighted by Crippen LogP contribution is -2.50. The van der Waals surface area contributed by atoms with Gasteiger partial charge < -0.3 is 20.1 Å². The Morgan fingerprint density at radius 3 is 2.59 bits per heavy atom. The van der Waals surface area contributed by atoms with Gasteiger partial charge in [0.2, 0.25) is 0 Å². The predicted octanol–water partition coefficient (Wildman–Crippen LogP) is 0.624. The van der Waals surface area contributed by atoms with E-state index in [4.69, 9.17) is 15.2 Å². The summed E-state index contributed by atoms with van der Waals surface area (Å²) in [6.07, 6.45) is 0.562. The van der Waals surface area contributed by atoms with Crippen LogP contribution in [0.25, 0.3) is 0 Å². The molecule has 0 spiro atoms. The Hall–Kier alpha value is -0.650. The second kappa shape index (κ2) is 7.63. The third-order valence-corrected chi connectivity index (χ3v) is 2.86. The highest BCUT2D eigenvalue weighted by atomic mass is 16.5. The lowest BCUT2D eigenvalue weighted by Gasteiger charge is -2.31. The number of carbonyl (C=O) groups is 1. The van der Waals surface area contributed by atoms with E-state index in [0.717, 1.165) is 6.54 Å². The molecule has 0 aromatic rings. The van der Waals surface area contributed by atoms with E-state index in [9.17, 15) is 4.79 Å². The molecular weight excluding hydrogens is 220 g/mol. The van der Waals surface area contributed by atoms with Gasteiger partial charge in [0.25, 0.3) is 0 Å². The molecule has 2 unspecified atom stereocenters. The maximum Gasteiger partial charge on any atom is 0.325 e. The Bertz CT molecular complexity index is 232. The predicted molar refractivity (Wildman–Crippen MR) is 67.8 cm³/mol. The number of esters is 1. The average Bonchev–Trinajstić information content (AvgIpc) is 2.25. The third kappa shape index (κ3) is 6.00. The first-order valence-corrected chi connectivity index (χ1v) is 6.00. The summed E-state index contributed by atoms with van der Waals surface area (Å²) in [5, 5.41) is 0. The molecule has 0 saturated carbocycles. The number of methoxy groups -OCH3 is 1. The Balaban J connectivity index is 4.24. The van der Waals surface area contributed by atoms with Crippen molar-refractivity contribution in [3.8, 4) is 0 Å². The van der Waals surface area contributed by atoms with Gasteiger partial charge in [0.1, 0.15) is 5.54 Å². The van der Waals surface area contributed by atoms with Crippen LogP contribution in [-0.2, 0) is 14.3 Å². The Morgan fingerprint density at radius 1 is 1.53 bits per heavy atom. The molecule has 0 heterocycles. The molecule has 0 aliphatic heterocycles. The van der Waals surface area contributed by atoms with Gasteiger partial charge in [0.05, 0.1) is 13.2 Å². The SMILES string of the molecule is CCOC(=O)C(C)(N)CC(C)N(C)CCOC. The van der Waals surface area contributed by atoms with E-state index >= 15 is 0 Å². The van der Waals surface area contributed by atoms with Crippen LogP contribution in [0.2, 0.25) is 0 Å². The number of likely N-dealkylation sites (N-methyl/N-ethyl adjacent to an activating group) is 1. The Morgan fingerprint density at radius 2 is 2.12 bits per heavy atom. The van der Waals surface area contributed by atoms with Gasteiger partial charge in [-0.2, -0.15) is 0 Å². The van der Waals surface area contributed by atoms with Gasteiger partial charge >= 0.3 is 5.97 Å². The fourth-order valence-corrected chi connectivity index (χ4v) is 1.60. The highest BCUT2D eigenvalue weighted by Gasteiger charge is 2.32. The van der Waals surface area contributed by atoms with Crippen LogP contribution in [0, 0.1) is 0 Å². The first-order valence-electron chi connectivity index (χ1n) is 6.00. The van der Waals surface area contributed by atoms with E-state index in [-0.39, 0.29) is 12.0 Å². The molecule has 5 nitrogen and oxygen atoms in total. The molecule has 0 radical (unpaired) electrons. The highest BCUT2D eigenvalue weighted by Crippen LogP contribution is 2.14. The molecule has 17 heavy (non-hydrogen) atoms. The average molecular weight is 246 g/mol. The largest absolute Gasteiger partial charge is 0.465 e. The fraction of sp³-hybridized carbons (Fsp3) is 0.917. The summed E-state index contributed by atoms with van der Waals surface area (Å²) < 4.78 is 9.98. The number of hydrogen-bond donors (Lipinski definition) is 1. The summed E-state index contributed by atoms with van der Waals surface area (Å²) in [7, 11) is 3.66. The van der Waals surface area contributed by atoms with Crippen LogP contribution in [0.4, 0.5) is 0 Å². The molecule has 0 fully saturated rings. The first kappa shape index (κ1) is 16.4. The molecule has 0 aliphatic rings.